The topological polar surface area (TPSA) is 90.5 Å². The maximum Gasteiger partial charge on any atom is 0.253 e. The van der Waals surface area contributed by atoms with Gasteiger partial charge in [-0.15, -0.1) is 0 Å². The van der Waals surface area contributed by atoms with E-state index in [2.05, 4.69) is 16.0 Å². The number of nitrogens with one attached hydrogen (secondary N) is 3. The van der Waals surface area contributed by atoms with Crippen molar-refractivity contribution in [1.29, 1.82) is 0 Å². The number of hydrogen-bond acceptors (Lipinski definition) is 4. The van der Waals surface area contributed by atoms with Crippen molar-refractivity contribution in [3.05, 3.63) is 53.6 Å². The molecular weight excluding hydrogens is 380 g/mol. The summed E-state index contributed by atoms with van der Waals surface area (Å²) < 4.78 is 0. The highest BCUT2D eigenvalue weighted by atomic mass is 16.2. The number of carbonyl (C=O) groups excluding carboxylic acids is 3. The van der Waals surface area contributed by atoms with Crippen molar-refractivity contribution in [1.82, 2.24) is 4.90 Å². The molecule has 0 radical (unpaired) electrons. The van der Waals surface area contributed by atoms with E-state index in [1.165, 1.54) is 0 Å². The monoisotopic (exact) mass is 408 g/mol. The van der Waals surface area contributed by atoms with Crippen LogP contribution in [0.5, 0.6) is 0 Å². The van der Waals surface area contributed by atoms with E-state index in [9.17, 15) is 14.4 Å². The number of likely N-dealkylation sites (tertiary alicyclic amines) is 1. The first-order chi connectivity index (χ1) is 14.5. The SMILES string of the molecule is CCC(=O)Nc1cccc(NCC(=O)Nc2cccc(C(=O)N3CCCC3)c2)c1C. The molecule has 2 aromatic carbocycles. The van der Waals surface area contributed by atoms with Crippen molar-refractivity contribution in [2.45, 2.75) is 33.1 Å². The van der Waals surface area contributed by atoms with Crippen LogP contribution in [0.2, 0.25) is 0 Å². The summed E-state index contributed by atoms with van der Waals surface area (Å²) in [5.74, 6) is -0.275. The molecule has 3 rings (SSSR count). The van der Waals surface area contributed by atoms with Gasteiger partial charge < -0.3 is 20.9 Å². The van der Waals surface area contributed by atoms with E-state index < -0.39 is 0 Å². The minimum atomic E-state index is -0.219. The van der Waals surface area contributed by atoms with Gasteiger partial charge in [-0.25, -0.2) is 0 Å². The number of carbonyl (C=O) groups is 3. The van der Waals surface area contributed by atoms with Crippen molar-refractivity contribution >= 4 is 34.8 Å². The van der Waals surface area contributed by atoms with Crippen molar-refractivity contribution in [3.63, 3.8) is 0 Å². The summed E-state index contributed by atoms with van der Waals surface area (Å²) in [4.78, 5) is 38.4. The Morgan fingerprint density at radius 2 is 1.63 bits per heavy atom. The third kappa shape index (κ3) is 5.37. The minimum absolute atomic E-state index is 0.00305. The van der Waals surface area contributed by atoms with Gasteiger partial charge in [-0.2, -0.15) is 0 Å². The van der Waals surface area contributed by atoms with Crippen molar-refractivity contribution < 1.29 is 14.4 Å². The normalized spacial score (nSPS) is 13.1. The van der Waals surface area contributed by atoms with E-state index in [1.54, 1.807) is 31.2 Å². The first-order valence-corrected chi connectivity index (χ1v) is 10.3. The lowest BCUT2D eigenvalue weighted by Gasteiger charge is -2.16. The number of amides is 3. The smallest absolute Gasteiger partial charge is 0.253 e. The van der Waals surface area contributed by atoms with Gasteiger partial charge in [-0.3, -0.25) is 14.4 Å². The van der Waals surface area contributed by atoms with Crippen LogP contribution < -0.4 is 16.0 Å². The van der Waals surface area contributed by atoms with Gasteiger partial charge in [0, 0.05) is 42.1 Å². The fourth-order valence-corrected chi connectivity index (χ4v) is 3.41. The highest BCUT2D eigenvalue weighted by Gasteiger charge is 2.19. The number of anilines is 3. The standard InChI is InChI=1S/C23H28N4O3/c1-3-21(28)26-20-11-7-10-19(16(20)2)24-15-22(29)25-18-9-6-8-17(14-18)23(30)27-12-4-5-13-27/h6-11,14,24H,3-5,12-13,15H2,1-2H3,(H,25,29)(H,26,28). The summed E-state index contributed by atoms with van der Waals surface area (Å²) in [6, 6.07) is 12.5. The predicted octanol–water partition coefficient (Wildman–Crippen LogP) is 3.63. The van der Waals surface area contributed by atoms with Gasteiger partial charge in [0.1, 0.15) is 0 Å². The van der Waals surface area contributed by atoms with E-state index in [4.69, 9.17) is 0 Å². The average Bonchev–Trinajstić information content (AvgIpc) is 3.29. The molecule has 1 aliphatic rings. The molecule has 0 unspecified atom stereocenters. The molecule has 0 saturated carbocycles. The van der Waals surface area contributed by atoms with Crippen LogP contribution in [0, 0.1) is 6.92 Å². The lowest BCUT2D eigenvalue weighted by atomic mass is 10.1. The Balaban J connectivity index is 1.59. The van der Waals surface area contributed by atoms with Crippen LogP contribution in [0.3, 0.4) is 0 Å². The van der Waals surface area contributed by atoms with E-state index in [0.29, 0.717) is 17.7 Å². The Hall–Kier alpha value is -3.35. The summed E-state index contributed by atoms with van der Waals surface area (Å²) >= 11 is 0. The Bertz CT molecular complexity index is 936. The van der Waals surface area contributed by atoms with Crippen LogP contribution in [0.4, 0.5) is 17.1 Å². The average molecular weight is 409 g/mol. The Labute approximate surface area is 176 Å². The molecule has 7 heteroatoms. The molecule has 158 valence electrons. The fraction of sp³-hybridized carbons (Fsp3) is 0.348. The molecule has 0 aliphatic carbocycles. The van der Waals surface area contributed by atoms with Crippen LogP contribution in [0.15, 0.2) is 42.5 Å². The van der Waals surface area contributed by atoms with Gasteiger partial charge >= 0.3 is 0 Å². The second kappa shape index (κ2) is 9.91. The molecule has 0 spiro atoms. The molecule has 0 bridgehead atoms. The van der Waals surface area contributed by atoms with Crippen LogP contribution >= 0.6 is 0 Å². The van der Waals surface area contributed by atoms with Gasteiger partial charge in [0.05, 0.1) is 6.54 Å². The zero-order valence-corrected chi connectivity index (χ0v) is 17.5. The van der Waals surface area contributed by atoms with Gasteiger partial charge in [0.25, 0.3) is 5.91 Å². The zero-order valence-electron chi connectivity index (χ0n) is 17.5. The largest absolute Gasteiger partial charge is 0.376 e. The third-order valence-corrected chi connectivity index (χ3v) is 5.15. The number of nitrogens with zero attached hydrogens (tertiary/aromatic N) is 1. The van der Waals surface area contributed by atoms with Crippen LogP contribution in [-0.4, -0.2) is 42.3 Å². The molecule has 1 saturated heterocycles. The molecule has 7 nitrogen and oxygen atoms in total. The number of rotatable bonds is 7. The molecule has 2 aromatic rings. The minimum Gasteiger partial charge on any atom is -0.376 e. The number of benzene rings is 2. The Morgan fingerprint density at radius 1 is 0.933 bits per heavy atom. The maximum absolute atomic E-state index is 12.5. The van der Waals surface area contributed by atoms with E-state index >= 15 is 0 Å². The van der Waals surface area contributed by atoms with Crippen LogP contribution in [-0.2, 0) is 9.59 Å². The van der Waals surface area contributed by atoms with Gasteiger partial charge in [0.2, 0.25) is 11.8 Å². The maximum atomic E-state index is 12.5. The second-order valence-corrected chi connectivity index (χ2v) is 7.36. The van der Waals surface area contributed by atoms with E-state index in [-0.39, 0.29) is 24.3 Å². The van der Waals surface area contributed by atoms with E-state index in [0.717, 1.165) is 42.9 Å². The van der Waals surface area contributed by atoms with E-state index in [1.807, 2.05) is 30.0 Å². The molecule has 0 aromatic heterocycles. The molecule has 1 fully saturated rings. The Kier molecular flexibility index (Phi) is 7.06. The summed E-state index contributed by atoms with van der Waals surface area (Å²) in [5, 5.41) is 8.79. The van der Waals surface area contributed by atoms with Gasteiger partial charge in [-0.1, -0.05) is 19.1 Å². The lowest BCUT2D eigenvalue weighted by molar-refractivity contribution is -0.116. The highest BCUT2D eigenvalue weighted by Crippen LogP contribution is 2.23. The summed E-state index contributed by atoms with van der Waals surface area (Å²) in [5.41, 5.74) is 3.54. The first kappa shape index (κ1) is 21.4. The summed E-state index contributed by atoms with van der Waals surface area (Å²) in [6.45, 7) is 5.33. The first-order valence-electron chi connectivity index (χ1n) is 10.3. The van der Waals surface area contributed by atoms with Crippen molar-refractivity contribution in [3.8, 4) is 0 Å². The molecule has 30 heavy (non-hydrogen) atoms. The Morgan fingerprint density at radius 3 is 2.37 bits per heavy atom. The lowest BCUT2D eigenvalue weighted by Crippen LogP contribution is -2.27. The van der Waals surface area contributed by atoms with Crippen LogP contribution in [0.1, 0.15) is 42.1 Å². The second-order valence-electron chi connectivity index (χ2n) is 7.36. The fourth-order valence-electron chi connectivity index (χ4n) is 3.41. The van der Waals surface area contributed by atoms with Gasteiger partial charge in [0.15, 0.2) is 0 Å². The molecule has 3 amide bonds. The highest BCUT2D eigenvalue weighted by molar-refractivity contribution is 5.98. The molecule has 1 aliphatic heterocycles. The molecule has 1 heterocycles. The van der Waals surface area contributed by atoms with Crippen molar-refractivity contribution in [2.75, 3.05) is 35.6 Å². The molecule has 3 N–H and O–H groups in total. The number of hydrogen-bond donors (Lipinski definition) is 3. The third-order valence-electron chi connectivity index (χ3n) is 5.15. The van der Waals surface area contributed by atoms with Crippen LogP contribution in [0.25, 0.3) is 0 Å². The zero-order chi connectivity index (χ0) is 21.5. The van der Waals surface area contributed by atoms with Crippen molar-refractivity contribution in [2.24, 2.45) is 0 Å². The predicted molar refractivity (Wildman–Crippen MR) is 119 cm³/mol. The summed E-state index contributed by atoms with van der Waals surface area (Å²) in [7, 11) is 0. The summed E-state index contributed by atoms with van der Waals surface area (Å²) in [6.07, 6.45) is 2.48. The molecular formula is C23H28N4O3. The van der Waals surface area contributed by atoms with Gasteiger partial charge in [-0.05, 0) is 55.7 Å². The quantitative estimate of drug-likeness (QED) is 0.653. The molecule has 0 atom stereocenters.